The molecule has 0 spiro atoms. The average Bonchev–Trinajstić information content (AvgIpc) is 1.85. The highest BCUT2D eigenvalue weighted by atomic mass is 14.8. The smallest absolute Gasteiger partial charge is 0.178 e. The normalized spacial score (nSPS) is 15.3. The minimum absolute atomic E-state index is 0.508. The highest BCUT2D eigenvalue weighted by Crippen LogP contribution is 2.01. The van der Waals surface area contributed by atoms with Gasteiger partial charge in [0.1, 0.15) is 0 Å². The number of hydrogen-bond donors (Lipinski definition) is 0. The fraction of sp³-hybridized carbons (Fsp3) is 0.889. The van der Waals surface area contributed by atoms with Gasteiger partial charge in [-0.1, -0.05) is 26.6 Å². The number of nitrogens with zero attached hydrogens (tertiary/aromatic N) is 1. The molecule has 0 saturated carbocycles. The quantitative estimate of drug-likeness (QED) is 0.434. The average molecular weight is 153 g/mol. The van der Waals surface area contributed by atoms with E-state index in [4.69, 9.17) is 0 Å². The van der Waals surface area contributed by atoms with Gasteiger partial charge in [0, 0.05) is 6.04 Å². The molecule has 0 heterocycles. The van der Waals surface area contributed by atoms with Crippen LogP contribution in [0.2, 0.25) is 5.82 Å². The van der Waals surface area contributed by atoms with Gasteiger partial charge in [0.25, 0.3) is 0 Å². The maximum atomic E-state index is 4.55. The lowest BCUT2D eigenvalue weighted by atomic mass is 9.62. The topological polar surface area (TPSA) is 12.4 Å². The summed E-state index contributed by atoms with van der Waals surface area (Å²) in [7, 11) is 1.14. The summed E-state index contributed by atoms with van der Waals surface area (Å²) in [5.74, 6) is 0.739. The highest BCUT2D eigenvalue weighted by molar-refractivity contribution is 6.75. The Morgan fingerprint density at radius 2 is 1.91 bits per heavy atom. The molecular weight excluding hydrogens is 133 g/mol. The predicted molar refractivity (Wildman–Crippen MR) is 55.1 cm³/mol. The summed E-state index contributed by atoms with van der Waals surface area (Å²) in [6.07, 6.45) is 1.15. The molecule has 64 valence electrons. The molecule has 0 aromatic carbocycles. The first-order valence-corrected chi connectivity index (χ1v) is 4.59. The first-order valence-electron chi connectivity index (χ1n) is 4.59. The highest BCUT2D eigenvalue weighted by Gasteiger charge is 2.01. The third-order valence-electron chi connectivity index (χ3n) is 1.74. The zero-order chi connectivity index (χ0) is 8.85. The van der Waals surface area contributed by atoms with Crippen molar-refractivity contribution in [2.75, 3.05) is 0 Å². The van der Waals surface area contributed by atoms with Crippen LogP contribution in [-0.4, -0.2) is 18.9 Å². The molecule has 0 aliphatic heterocycles. The Hall–Kier alpha value is -0.265. The lowest BCUT2D eigenvalue weighted by molar-refractivity contribution is 0.718. The molecule has 11 heavy (non-hydrogen) atoms. The van der Waals surface area contributed by atoms with Crippen molar-refractivity contribution in [3.8, 4) is 0 Å². The Kier molecular flexibility index (Phi) is 5.26. The van der Waals surface area contributed by atoms with Crippen molar-refractivity contribution in [3.05, 3.63) is 0 Å². The molecule has 0 bridgehead atoms. The van der Waals surface area contributed by atoms with E-state index < -0.39 is 0 Å². The van der Waals surface area contributed by atoms with Crippen molar-refractivity contribution in [1.82, 2.24) is 0 Å². The summed E-state index contributed by atoms with van der Waals surface area (Å²) >= 11 is 0. The molecule has 0 saturated heterocycles. The van der Waals surface area contributed by atoms with Gasteiger partial charge in [-0.2, -0.15) is 0 Å². The van der Waals surface area contributed by atoms with Crippen LogP contribution in [0.25, 0.3) is 0 Å². The maximum Gasteiger partial charge on any atom is 0.178 e. The Bertz CT molecular complexity index is 130. The Morgan fingerprint density at radius 1 is 1.36 bits per heavy atom. The predicted octanol–water partition coefficient (Wildman–Crippen LogP) is 2.47. The molecule has 0 radical (unpaired) electrons. The third kappa shape index (κ3) is 6.15. The van der Waals surface area contributed by atoms with Gasteiger partial charge < -0.3 is 4.99 Å². The lowest BCUT2D eigenvalue weighted by Gasteiger charge is -2.06. The van der Waals surface area contributed by atoms with Crippen LogP contribution in [0.1, 0.15) is 41.0 Å². The summed E-state index contributed by atoms with van der Waals surface area (Å²) in [5.41, 5.74) is 1.30. The molecule has 0 rings (SSSR count). The van der Waals surface area contributed by atoms with Gasteiger partial charge in [-0.3, -0.25) is 0 Å². The van der Waals surface area contributed by atoms with Crippen LogP contribution >= 0.6 is 0 Å². The van der Waals surface area contributed by atoms with Crippen molar-refractivity contribution in [2.45, 2.75) is 52.9 Å². The van der Waals surface area contributed by atoms with E-state index in [1.165, 1.54) is 5.61 Å². The second-order valence-corrected chi connectivity index (χ2v) is 3.72. The van der Waals surface area contributed by atoms with E-state index in [1.54, 1.807) is 0 Å². The van der Waals surface area contributed by atoms with E-state index in [1.807, 2.05) is 0 Å². The van der Waals surface area contributed by atoms with E-state index in [2.05, 4.69) is 39.6 Å². The molecule has 0 aromatic rings. The van der Waals surface area contributed by atoms with Crippen molar-refractivity contribution >= 4 is 12.9 Å². The van der Waals surface area contributed by atoms with Gasteiger partial charge in [-0.05, 0) is 25.9 Å². The molecule has 0 aliphatic carbocycles. The monoisotopic (exact) mass is 153 g/mol. The molecule has 0 N–H and O–H groups in total. The summed E-state index contributed by atoms with van der Waals surface area (Å²) in [5, 5.41) is 0. The first kappa shape index (κ1) is 10.7. The van der Waals surface area contributed by atoms with Crippen LogP contribution in [-0.2, 0) is 0 Å². The molecule has 0 aromatic heterocycles. The number of rotatable bonds is 4. The van der Waals surface area contributed by atoms with Crippen LogP contribution in [0.15, 0.2) is 4.99 Å². The van der Waals surface area contributed by atoms with E-state index in [0.29, 0.717) is 6.04 Å². The fourth-order valence-corrected chi connectivity index (χ4v) is 1.11. The van der Waals surface area contributed by atoms with Crippen LogP contribution in [0.5, 0.6) is 0 Å². The van der Waals surface area contributed by atoms with Gasteiger partial charge >= 0.3 is 0 Å². The second-order valence-electron chi connectivity index (χ2n) is 3.72. The Labute approximate surface area is 71.5 Å². The molecule has 0 aliphatic rings. The van der Waals surface area contributed by atoms with Gasteiger partial charge in [0.15, 0.2) is 7.28 Å². The summed E-state index contributed by atoms with van der Waals surface area (Å²) in [4.78, 5) is 4.55. The molecule has 0 fully saturated rings. The van der Waals surface area contributed by atoms with Gasteiger partial charge in [-0.25, -0.2) is 0 Å². The second kappa shape index (κ2) is 5.39. The minimum atomic E-state index is 0.508. The minimum Gasteiger partial charge on any atom is -0.302 e. The summed E-state index contributed by atoms with van der Waals surface area (Å²) in [6, 6.07) is 0.508. The molecule has 2 heteroatoms. The van der Waals surface area contributed by atoms with Crippen LogP contribution in [0.4, 0.5) is 0 Å². The molecule has 1 unspecified atom stereocenters. The zero-order valence-corrected chi connectivity index (χ0v) is 8.52. The standard InChI is InChI=1S/C9H20BN/c1-6-8(4)11-9(5)10-7(2)3/h7-8,10H,6H2,1-5H3/b11-9+. The van der Waals surface area contributed by atoms with Gasteiger partial charge in [0.2, 0.25) is 0 Å². The van der Waals surface area contributed by atoms with E-state index in [9.17, 15) is 0 Å². The van der Waals surface area contributed by atoms with Crippen molar-refractivity contribution in [1.29, 1.82) is 0 Å². The van der Waals surface area contributed by atoms with Crippen LogP contribution in [0.3, 0.4) is 0 Å². The van der Waals surface area contributed by atoms with Crippen molar-refractivity contribution in [2.24, 2.45) is 4.99 Å². The Morgan fingerprint density at radius 3 is 2.27 bits per heavy atom. The molecule has 1 atom stereocenters. The van der Waals surface area contributed by atoms with Gasteiger partial charge in [-0.15, -0.1) is 0 Å². The maximum absolute atomic E-state index is 4.55. The molecular formula is C9H20BN. The zero-order valence-electron chi connectivity index (χ0n) is 8.52. The summed E-state index contributed by atoms with van der Waals surface area (Å²) < 4.78 is 0. The molecule has 0 amide bonds. The third-order valence-corrected chi connectivity index (χ3v) is 1.74. The van der Waals surface area contributed by atoms with Crippen molar-refractivity contribution < 1.29 is 0 Å². The van der Waals surface area contributed by atoms with Crippen LogP contribution < -0.4 is 0 Å². The molecule has 1 nitrogen and oxygen atoms in total. The van der Waals surface area contributed by atoms with E-state index in [0.717, 1.165) is 19.5 Å². The summed E-state index contributed by atoms with van der Waals surface area (Å²) in [6.45, 7) is 10.9. The van der Waals surface area contributed by atoms with E-state index in [-0.39, 0.29) is 0 Å². The van der Waals surface area contributed by atoms with Gasteiger partial charge in [0.05, 0.1) is 0 Å². The first-order chi connectivity index (χ1) is 5.06. The van der Waals surface area contributed by atoms with Crippen LogP contribution in [0, 0.1) is 0 Å². The SMILES string of the molecule is CCC(C)/N=C(\C)BC(C)C. The number of aliphatic imine (C=N–C) groups is 1. The largest absolute Gasteiger partial charge is 0.302 e. The lowest BCUT2D eigenvalue weighted by Crippen LogP contribution is -2.11. The fourth-order valence-electron chi connectivity index (χ4n) is 1.11. The number of hydrogen-bond acceptors (Lipinski definition) is 1. The Balaban J connectivity index is 3.79. The van der Waals surface area contributed by atoms with E-state index >= 15 is 0 Å². The van der Waals surface area contributed by atoms with Crippen molar-refractivity contribution in [3.63, 3.8) is 0 Å².